The highest BCUT2D eigenvalue weighted by atomic mass is 16.5. The fraction of sp³-hybridized carbons (Fsp3) is 0.0357. The van der Waals surface area contributed by atoms with Crippen molar-refractivity contribution in [1.82, 2.24) is 9.97 Å². The number of benzene rings is 3. The Balaban J connectivity index is 1.65. The minimum Gasteiger partial charge on any atom is -0.497 e. The summed E-state index contributed by atoms with van der Waals surface area (Å²) in [5.74, 6) is 0.758. The van der Waals surface area contributed by atoms with Crippen LogP contribution in [0.3, 0.4) is 0 Å². The lowest BCUT2D eigenvalue weighted by Crippen LogP contribution is -2.20. The van der Waals surface area contributed by atoms with Gasteiger partial charge in [-0.2, -0.15) is 0 Å². The van der Waals surface area contributed by atoms with Crippen molar-refractivity contribution in [2.24, 2.45) is 4.99 Å². The van der Waals surface area contributed by atoms with E-state index in [4.69, 9.17) is 19.1 Å². The second-order valence-corrected chi connectivity index (χ2v) is 7.92. The number of pyridine rings is 1. The van der Waals surface area contributed by atoms with E-state index in [0.29, 0.717) is 21.9 Å². The zero-order valence-electron chi connectivity index (χ0n) is 18.3. The summed E-state index contributed by atoms with van der Waals surface area (Å²) in [5, 5.41) is 1.68. The van der Waals surface area contributed by atoms with Gasteiger partial charge in [-0.25, -0.2) is 14.8 Å². The molecule has 0 fully saturated rings. The molecule has 0 aliphatic carbocycles. The Kier molecular flexibility index (Phi) is 4.70. The number of nitrogens with one attached hydrogen (secondary N) is 1. The van der Waals surface area contributed by atoms with Gasteiger partial charge in [0.1, 0.15) is 16.4 Å². The first-order valence-electron chi connectivity index (χ1n) is 10.8. The number of hydrogen-bond acceptors (Lipinski definition) is 5. The number of aromatic nitrogens is 2. The molecule has 0 amide bonds. The van der Waals surface area contributed by atoms with E-state index in [-0.39, 0.29) is 0 Å². The van der Waals surface area contributed by atoms with Gasteiger partial charge in [-0.3, -0.25) is 0 Å². The molecule has 6 heteroatoms. The van der Waals surface area contributed by atoms with Gasteiger partial charge in [-0.05, 0) is 48.0 Å². The van der Waals surface area contributed by atoms with Crippen LogP contribution in [0.4, 0.5) is 5.69 Å². The number of rotatable bonds is 3. The second-order valence-electron chi connectivity index (χ2n) is 7.92. The minimum atomic E-state index is -0.447. The molecule has 1 aliphatic rings. The van der Waals surface area contributed by atoms with Gasteiger partial charge < -0.3 is 14.1 Å². The molecule has 0 spiro atoms. The molecule has 0 saturated heterocycles. The average Bonchev–Trinajstić information content (AvgIpc) is 3.44. The standard InChI is InChI=1S/C28H19N3O3/c1-33-19-13-11-18(12-14-19)25-26-21(20-9-5-6-10-22(20)29-26)16-23(30-25)27-31-24(28(32)34-27)15-17-7-3-2-4-8-17/h2-16,31H,1H3/b24-15-,27-23+. The monoisotopic (exact) mass is 445 g/mol. The predicted molar refractivity (Wildman–Crippen MR) is 129 cm³/mol. The fourth-order valence-electron chi connectivity index (χ4n) is 4.12. The number of methoxy groups -OCH3 is 1. The largest absolute Gasteiger partial charge is 0.497 e. The van der Waals surface area contributed by atoms with E-state index in [9.17, 15) is 4.79 Å². The van der Waals surface area contributed by atoms with E-state index in [1.54, 1.807) is 13.2 Å². The maximum absolute atomic E-state index is 12.6. The summed E-state index contributed by atoms with van der Waals surface area (Å²) < 4.78 is 10.9. The van der Waals surface area contributed by atoms with Crippen LogP contribution in [0.15, 0.2) is 99.1 Å². The number of aromatic amines is 1. The molecule has 0 unspecified atom stereocenters. The smallest absolute Gasteiger partial charge is 0.361 e. The van der Waals surface area contributed by atoms with Crippen molar-refractivity contribution in [2.75, 3.05) is 7.11 Å². The highest BCUT2D eigenvalue weighted by molar-refractivity contribution is 5.82. The molecular weight excluding hydrogens is 426 g/mol. The molecule has 3 aromatic carbocycles. The Labute approximate surface area is 193 Å². The highest BCUT2D eigenvalue weighted by Gasteiger charge is 2.18. The first-order valence-corrected chi connectivity index (χ1v) is 10.8. The van der Waals surface area contributed by atoms with Gasteiger partial charge in [-0.1, -0.05) is 48.5 Å². The molecule has 6 rings (SSSR count). The van der Waals surface area contributed by atoms with Crippen LogP contribution >= 0.6 is 0 Å². The quantitative estimate of drug-likeness (QED) is 0.445. The van der Waals surface area contributed by atoms with Gasteiger partial charge in [0.05, 0.1) is 23.8 Å². The van der Waals surface area contributed by atoms with E-state index in [1.165, 1.54) is 0 Å². The molecule has 0 radical (unpaired) electrons. The van der Waals surface area contributed by atoms with Gasteiger partial charge in [0, 0.05) is 16.7 Å². The summed E-state index contributed by atoms with van der Waals surface area (Å²) in [4.78, 5) is 25.4. The fourth-order valence-corrected chi connectivity index (χ4v) is 4.12. The number of nitrogens with zero attached hydrogens (tertiary/aromatic N) is 2. The van der Waals surface area contributed by atoms with Crippen molar-refractivity contribution < 1.29 is 9.15 Å². The molecule has 1 aliphatic heterocycles. The third-order valence-electron chi connectivity index (χ3n) is 5.79. The lowest BCUT2D eigenvalue weighted by molar-refractivity contribution is 0.415. The normalized spacial score (nSPS) is 13.3. The number of para-hydroxylation sites is 1. The number of oxazole rings is 1. The third kappa shape index (κ3) is 3.42. The molecule has 164 valence electrons. The summed E-state index contributed by atoms with van der Waals surface area (Å²) in [6.45, 7) is 0. The molecule has 2 aromatic heterocycles. The van der Waals surface area contributed by atoms with Crippen molar-refractivity contribution in [2.45, 2.75) is 0 Å². The molecule has 6 nitrogen and oxygen atoms in total. The van der Waals surface area contributed by atoms with E-state index >= 15 is 0 Å². The van der Waals surface area contributed by atoms with Gasteiger partial charge in [0.25, 0.3) is 0 Å². The number of fused-ring (bicyclic) bond motifs is 3. The molecular formula is C28H19N3O3. The van der Waals surface area contributed by atoms with Crippen molar-refractivity contribution in [3.05, 3.63) is 123 Å². The Bertz CT molecular complexity index is 1800. The molecule has 0 atom stereocenters. The van der Waals surface area contributed by atoms with E-state index in [1.807, 2.05) is 84.9 Å². The second kappa shape index (κ2) is 8.01. The molecule has 34 heavy (non-hydrogen) atoms. The van der Waals surface area contributed by atoms with E-state index in [2.05, 4.69) is 4.98 Å². The summed E-state index contributed by atoms with van der Waals surface area (Å²) in [6.07, 6.45) is 1.76. The Morgan fingerprint density at radius 2 is 1.68 bits per heavy atom. The highest BCUT2D eigenvalue weighted by Crippen LogP contribution is 2.33. The van der Waals surface area contributed by atoms with Crippen molar-refractivity contribution >= 4 is 11.8 Å². The van der Waals surface area contributed by atoms with Crippen molar-refractivity contribution in [1.29, 1.82) is 0 Å². The van der Waals surface area contributed by atoms with Crippen LogP contribution < -0.4 is 21.1 Å². The average molecular weight is 445 g/mol. The van der Waals surface area contributed by atoms with Crippen LogP contribution in [0.2, 0.25) is 0 Å². The molecule has 5 aromatic rings. The van der Waals surface area contributed by atoms with Crippen LogP contribution in [0.5, 0.6) is 5.75 Å². The van der Waals surface area contributed by atoms with E-state index in [0.717, 1.165) is 39.0 Å². The van der Waals surface area contributed by atoms with Gasteiger partial charge in [-0.15, -0.1) is 0 Å². The summed E-state index contributed by atoms with van der Waals surface area (Å²) >= 11 is 0. The van der Waals surface area contributed by atoms with Crippen molar-refractivity contribution in [3.63, 3.8) is 0 Å². The molecule has 0 saturated carbocycles. The summed E-state index contributed by atoms with van der Waals surface area (Å²) in [6, 6.07) is 27.2. The van der Waals surface area contributed by atoms with Crippen LogP contribution in [0.1, 0.15) is 5.56 Å². The van der Waals surface area contributed by atoms with Crippen LogP contribution in [0.25, 0.3) is 28.5 Å². The minimum absolute atomic E-state index is 0.300. The lowest BCUT2D eigenvalue weighted by Gasteiger charge is -2.05. The number of hydrogen-bond donors (Lipinski definition) is 1. The number of H-pyrrole nitrogens is 1. The SMILES string of the molecule is COc1ccc(-c2n/c(=c3\[nH]/c(=C\c4ccccc4)c(=O)o3)cc3c2=Nc2ccccc2-3)cc1. The summed E-state index contributed by atoms with van der Waals surface area (Å²) in [5.41, 5.74) is 5.19. The topological polar surface area (TPSA) is 80.5 Å². The van der Waals surface area contributed by atoms with Gasteiger partial charge in [0.15, 0.2) is 0 Å². The van der Waals surface area contributed by atoms with Crippen LogP contribution in [-0.4, -0.2) is 17.1 Å². The first-order chi connectivity index (χ1) is 16.7. The van der Waals surface area contributed by atoms with Gasteiger partial charge >= 0.3 is 5.63 Å². The predicted octanol–water partition coefficient (Wildman–Crippen LogP) is 4.09. The first kappa shape index (κ1) is 19.9. The molecule has 0 bridgehead atoms. The maximum Gasteiger partial charge on any atom is 0.361 e. The summed E-state index contributed by atoms with van der Waals surface area (Å²) in [7, 11) is 1.63. The Morgan fingerprint density at radius 3 is 2.47 bits per heavy atom. The maximum atomic E-state index is 12.6. The van der Waals surface area contributed by atoms with Crippen molar-refractivity contribution in [3.8, 4) is 28.1 Å². The zero-order chi connectivity index (χ0) is 23.1. The van der Waals surface area contributed by atoms with E-state index < -0.39 is 5.63 Å². The van der Waals surface area contributed by atoms with Gasteiger partial charge in [0.2, 0.25) is 5.55 Å². The molecule has 3 heterocycles. The Hall–Kier alpha value is -4.71. The third-order valence-corrected chi connectivity index (χ3v) is 5.79. The lowest BCUT2D eigenvalue weighted by atomic mass is 10.0. The Morgan fingerprint density at radius 1 is 0.912 bits per heavy atom. The molecule has 1 N–H and O–H groups in total. The zero-order valence-corrected chi connectivity index (χ0v) is 18.3. The van der Waals surface area contributed by atoms with Crippen LogP contribution in [-0.2, 0) is 0 Å². The number of ether oxygens (including phenoxy) is 1. The van der Waals surface area contributed by atoms with Crippen LogP contribution in [0, 0.1) is 10.9 Å².